The highest BCUT2D eigenvalue weighted by Crippen LogP contribution is 2.17. The minimum Gasteiger partial charge on any atom is -0.383 e. The van der Waals surface area contributed by atoms with Crippen molar-refractivity contribution in [3.05, 3.63) is 0 Å². The summed E-state index contributed by atoms with van der Waals surface area (Å²) in [5, 5.41) is 0. The van der Waals surface area contributed by atoms with E-state index in [0.717, 1.165) is 19.4 Å². The molecular weight excluding hydrogens is 190 g/mol. The molecule has 13 heavy (non-hydrogen) atoms. The maximum Gasteiger partial charge on any atom is 0.237 e. The van der Waals surface area contributed by atoms with E-state index in [0.29, 0.717) is 6.61 Å². The van der Waals surface area contributed by atoms with Gasteiger partial charge in [-0.3, -0.25) is 4.79 Å². The van der Waals surface area contributed by atoms with E-state index < -0.39 is 0 Å². The van der Waals surface area contributed by atoms with Gasteiger partial charge in [-0.1, -0.05) is 0 Å². The Morgan fingerprint density at radius 1 is 1.62 bits per heavy atom. The number of piperidine rings is 1. The average molecular weight is 206 g/mol. The van der Waals surface area contributed by atoms with Gasteiger partial charge in [0.2, 0.25) is 5.91 Å². The van der Waals surface area contributed by atoms with Crippen LogP contribution in [-0.4, -0.2) is 43.0 Å². The molecule has 4 heteroatoms. The van der Waals surface area contributed by atoms with Gasteiger partial charge in [-0.05, 0) is 19.3 Å². The molecule has 0 aliphatic carbocycles. The molecule has 1 fully saturated rings. The van der Waals surface area contributed by atoms with Crippen molar-refractivity contribution in [2.75, 3.05) is 26.1 Å². The third kappa shape index (κ3) is 2.85. The van der Waals surface area contributed by atoms with Crippen LogP contribution >= 0.6 is 11.6 Å². The van der Waals surface area contributed by atoms with E-state index in [4.69, 9.17) is 16.3 Å². The third-order valence-electron chi connectivity index (χ3n) is 2.42. The maximum absolute atomic E-state index is 11.4. The van der Waals surface area contributed by atoms with Crippen LogP contribution in [0.3, 0.4) is 0 Å². The van der Waals surface area contributed by atoms with E-state index in [2.05, 4.69) is 0 Å². The molecule has 0 saturated carbocycles. The first-order valence-electron chi connectivity index (χ1n) is 4.64. The molecule has 0 aromatic carbocycles. The molecule has 0 radical (unpaired) electrons. The average Bonchev–Trinajstić information content (AvgIpc) is 2.18. The summed E-state index contributed by atoms with van der Waals surface area (Å²) < 4.78 is 5.07. The number of ether oxygens (including phenoxy) is 1. The zero-order valence-corrected chi connectivity index (χ0v) is 8.72. The standard InChI is InChI=1S/C9H16ClNO2/c1-13-7-8-4-2-3-5-11(8)9(12)6-10/h8H,2-7H2,1H3/t8-/m0/s1. The Hall–Kier alpha value is -0.280. The number of rotatable bonds is 3. The molecule has 1 atom stereocenters. The van der Waals surface area contributed by atoms with E-state index in [1.807, 2.05) is 4.90 Å². The van der Waals surface area contributed by atoms with Gasteiger partial charge in [0.1, 0.15) is 5.88 Å². The topological polar surface area (TPSA) is 29.5 Å². The molecule has 76 valence electrons. The molecule has 1 aliphatic rings. The van der Waals surface area contributed by atoms with Crippen molar-refractivity contribution >= 4 is 17.5 Å². The summed E-state index contributed by atoms with van der Waals surface area (Å²) in [6, 6.07) is 0.241. The van der Waals surface area contributed by atoms with Crippen molar-refractivity contribution in [3.8, 4) is 0 Å². The molecule has 0 N–H and O–H groups in total. The molecule has 0 bridgehead atoms. The number of carbonyl (C=O) groups is 1. The van der Waals surface area contributed by atoms with E-state index in [9.17, 15) is 4.79 Å². The normalized spacial score (nSPS) is 23.2. The van der Waals surface area contributed by atoms with Gasteiger partial charge >= 0.3 is 0 Å². The number of likely N-dealkylation sites (tertiary alicyclic amines) is 1. The second-order valence-corrected chi connectivity index (χ2v) is 3.59. The predicted molar refractivity (Wildman–Crippen MR) is 51.9 cm³/mol. The fourth-order valence-corrected chi connectivity index (χ4v) is 1.92. The number of hydrogen-bond acceptors (Lipinski definition) is 2. The molecular formula is C9H16ClNO2. The highest BCUT2D eigenvalue weighted by molar-refractivity contribution is 6.27. The summed E-state index contributed by atoms with van der Waals surface area (Å²) in [6.07, 6.45) is 3.30. The minimum absolute atomic E-state index is 0.0309. The Bertz CT molecular complexity index is 173. The first kappa shape index (κ1) is 10.8. The van der Waals surface area contributed by atoms with Gasteiger partial charge in [-0.2, -0.15) is 0 Å². The molecule has 1 aliphatic heterocycles. The Balaban J connectivity index is 2.50. The van der Waals surface area contributed by atoms with E-state index in [1.54, 1.807) is 7.11 Å². The number of carbonyl (C=O) groups excluding carboxylic acids is 1. The Morgan fingerprint density at radius 3 is 3.00 bits per heavy atom. The van der Waals surface area contributed by atoms with Crippen molar-refractivity contribution in [2.45, 2.75) is 25.3 Å². The minimum atomic E-state index is 0.0309. The number of halogens is 1. The van der Waals surface area contributed by atoms with Crippen LogP contribution in [0.4, 0.5) is 0 Å². The van der Waals surface area contributed by atoms with Crippen LogP contribution in [0.2, 0.25) is 0 Å². The second kappa shape index (κ2) is 5.45. The first-order chi connectivity index (χ1) is 6.29. The lowest BCUT2D eigenvalue weighted by molar-refractivity contribution is -0.133. The lowest BCUT2D eigenvalue weighted by Crippen LogP contribution is -2.46. The SMILES string of the molecule is COC[C@@H]1CCCCN1C(=O)CCl. The Labute approximate surface area is 84.0 Å². The van der Waals surface area contributed by atoms with Gasteiger partial charge in [0.25, 0.3) is 0 Å². The van der Waals surface area contributed by atoms with E-state index >= 15 is 0 Å². The molecule has 0 aromatic heterocycles. The van der Waals surface area contributed by atoms with Gasteiger partial charge < -0.3 is 9.64 Å². The van der Waals surface area contributed by atoms with Crippen LogP contribution in [0.15, 0.2) is 0 Å². The van der Waals surface area contributed by atoms with E-state index in [-0.39, 0.29) is 17.8 Å². The van der Waals surface area contributed by atoms with Gasteiger partial charge in [0.05, 0.1) is 12.6 Å². The number of amides is 1. The lowest BCUT2D eigenvalue weighted by atomic mass is 10.0. The van der Waals surface area contributed by atoms with Gasteiger partial charge in [0, 0.05) is 13.7 Å². The molecule has 1 rings (SSSR count). The summed E-state index contributed by atoms with van der Waals surface area (Å²) in [4.78, 5) is 13.2. The summed E-state index contributed by atoms with van der Waals surface area (Å²) in [6.45, 7) is 1.46. The fraction of sp³-hybridized carbons (Fsp3) is 0.889. The highest BCUT2D eigenvalue weighted by Gasteiger charge is 2.25. The van der Waals surface area contributed by atoms with Crippen LogP contribution in [0, 0.1) is 0 Å². The first-order valence-corrected chi connectivity index (χ1v) is 5.17. The van der Waals surface area contributed by atoms with Crippen LogP contribution in [0.5, 0.6) is 0 Å². The monoisotopic (exact) mass is 205 g/mol. The summed E-state index contributed by atoms with van der Waals surface area (Å²) in [7, 11) is 1.66. The molecule has 3 nitrogen and oxygen atoms in total. The zero-order chi connectivity index (χ0) is 9.68. The zero-order valence-electron chi connectivity index (χ0n) is 7.96. The molecule has 1 amide bonds. The predicted octanol–water partition coefficient (Wildman–Crippen LogP) is 1.25. The number of hydrogen-bond donors (Lipinski definition) is 0. The van der Waals surface area contributed by atoms with Gasteiger partial charge in [-0.25, -0.2) is 0 Å². The second-order valence-electron chi connectivity index (χ2n) is 3.33. The lowest BCUT2D eigenvalue weighted by Gasteiger charge is -2.34. The Morgan fingerprint density at radius 2 is 2.38 bits per heavy atom. The molecule has 0 unspecified atom stereocenters. The molecule has 0 spiro atoms. The van der Waals surface area contributed by atoms with Gasteiger partial charge in [-0.15, -0.1) is 11.6 Å². The quantitative estimate of drug-likeness (QED) is 0.650. The largest absolute Gasteiger partial charge is 0.383 e. The Kier molecular flexibility index (Phi) is 4.53. The van der Waals surface area contributed by atoms with Crippen LogP contribution < -0.4 is 0 Å². The third-order valence-corrected chi connectivity index (χ3v) is 2.65. The van der Waals surface area contributed by atoms with Crippen molar-refractivity contribution in [2.24, 2.45) is 0 Å². The van der Waals surface area contributed by atoms with E-state index in [1.165, 1.54) is 6.42 Å². The smallest absolute Gasteiger partial charge is 0.237 e. The van der Waals surface area contributed by atoms with Crippen LogP contribution in [0.1, 0.15) is 19.3 Å². The number of nitrogens with zero attached hydrogens (tertiary/aromatic N) is 1. The van der Waals surface area contributed by atoms with Crippen molar-refractivity contribution < 1.29 is 9.53 Å². The number of alkyl halides is 1. The summed E-state index contributed by atoms with van der Waals surface area (Å²) >= 11 is 5.52. The maximum atomic E-state index is 11.4. The summed E-state index contributed by atoms with van der Waals surface area (Å²) in [5.41, 5.74) is 0. The highest BCUT2D eigenvalue weighted by atomic mass is 35.5. The fourth-order valence-electron chi connectivity index (χ4n) is 1.77. The van der Waals surface area contributed by atoms with Crippen molar-refractivity contribution in [1.29, 1.82) is 0 Å². The number of methoxy groups -OCH3 is 1. The molecule has 0 aromatic rings. The van der Waals surface area contributed by atoms with Crippen LogP contribution in [0.25, 0.3) is 0 Å². The van der Waals surface area contributed by atoms with Crippen molar-refractivity contribution in [3.63, 3.8) is 0 Å². The van der Waals surface area contributed by atoms with Crippen LogP contribution in [-0.2, 0) is 9.53 Å². The van der Waals surface area contributed by atoms with Crippen molar-refractivity contribution in [1.82, 2.24) is 4.90 Å². The summed E-state index contributed by atoms with van der Waals surface area (Å²) in [5.74, 6) is 0.114. The van der Waals surface area contributed by atoms with Gasteiger partial charge in [0.15, 0.2) is 0 Å². The molecule has 1 heterocycles. The molecule has 1 saturated heterocycles.